The van der Waals surface area contributed by atoms with E-state index in [0.717, 1.165) is 64.6 Å². The lowest BCUT2D eigenvalue weighted by Crippen LogP contribution is -2.52. The number of rotatable bonds is 9. The van der Waals surface area contributed by atoms with Crippen LogP contribution in [-0.2, 0) is 4.79 Å². The van der Waals surface area contributed by atoms with Crippen LogP contribution in [0.4, 0.5) is 0 Å². The molecule has 2 N–H and O–H groups in total. The molecule has 0 radical (unpaired) electrons. The smallest absolute Gasteiger partial charge is 0.225 e. The molecule has 1 aliphatic carbocycles. The zero-order chi connectivity index (χ0) is 17.9. The van der Waals surface area contributed by atoms with Gasteiger partial charge >= 0.3 is 0 Å². The van der Waals surface area contributed by atoms with Gasteiger partial charge < -0.3 is 15.5 Å². The molecule has 26 heavy (non-hydrogen) atoms. The van der Waals surface area contributed by atoms with Gasteiger partial charge in [0.15, 0.2) is 5.96 Å². The van der Waals surface area contributed by atoms with Gasteiger partial charge in [0.25, 0.3) is 0 Å². The van der Waals surface area contributed by atoms with Crippen molar-refractivity contribution in [3.05, 3.63) is 0 Å². The average Bonchev–Trinajstić information content (AvgIpc) is 2.59. The standard InChI is InChI=1S/C19H37N5O.HI/c1-3-4-5-6-10-21-19(20-2)22-11-12-23-13-15-24(16-14-23)18(25)17-8-7-9-17;/h17H,3-16H2,1-2H3,(H2,20,21,22);1H. The van der Waals surface area contributed by atoms with Crippen LogP contribution >= 0.6 is 24.0 Å². The van der Waals surface area contributed by atoms with Crippen LogP contribution in [0.25, 0.3) is 0 Å². The lowest BCUT2D eigenvalue weighted by molar-refractivity contribution is -0.139. The Hall–Kier alpha value is -0.570. The van der Waals surface area contributed by atoms with Crippen LogP contribution in [0.5, 0.6) is 0 Å². The number of nitrogens with zero attached hydrogens (tertiary/aromatic N) is 3. The summed E-state index contributed by atoms with van der Waals surface area (Å²) in [5.74, 6) is 1.63. The molecule has 6 nitrogen and oxygen atoms in total. The summed E-state index contributed by atoms with van der Waals surface area (Å²) in [4.78, 5) is 21.1. The summed E-state index contributed by atoms with van der Waals surface area (Å²) in [7, 11) is 1.83. The van der Waals surface area contributed by atoms with Gasteiger partial charge in [0.1, 0.15) is 0 Å². The van der Waals surface area contributed by atoms with Gasteiger partial charge in [-0.1, -0.05) is 32.6 Å². The summed E-state index contributed by atoms with van der Waals surface area (Å²) >= 11 is 0. The number of guanidine groups is 1. The molecule has 7 heteroatoms. The van der Waals surface area contributed by atoms with Gasteiger partial charge in [-0.05, 0) is 19.3 Å². The summed E-state index contributed by atoms with van der Waals surface area (Å²) in [5.41, 5.74) is 0. The molecule has 152 valence electrons. The number of hydrogen-bond acceptors (Lipinski definition) is 3. The average molecular weight is 479 g/mol. The van der Waals surface area contributed by atoms with E-state index in [4.69, 9.17) is 0 Å². The number of unbranched alkanes of at least 4 members (excludes halogenated alkanes) is 3. The van der Waals surface area contributed by atoms with Crippen molar-refractivity contribution in [1.29, 1.82) is 0 Å². The zero-order valence-corrected chi connectivity index (χ0v) is 19.0. The molecule has 1 saturated carbocycles. The third-order valence-corrected chi connectivity index (χ3v) is 5.41. The largest absolute Gasteiger partial charge is 0.356 e. The van der Waals surface area contributed by atoms with Crippen molar-refractivity contribution in [3.63, 3.8) is 0 Å². The molecular weight excluding hydrogens is 441 g/mol. The lowest BCUT2D eigenvalue weighted by Gasteiger charge is -2.38. The summed E-state index contributed by atoms with van der Waals surface area (Å²) in [6.07, 6.45) is 8.50. The van der Waals surface area contributed by atoms with E-state index in [1.54, 1.807) is 0 Å². The number of halogens is 1. The van der Waals surface area contributed by atoms with Crippen LogP contribution in [0.3, 0.4) is 0 Å². The Balaban J connectivity index is 0.00000338. The Morgan fingerprint density at radius 2 is 1.73 bits per heavy atom. The molecule has 0 atom stereocenters. The second-order valence-corrected chi connectivity index (χ2v) is 7.28. The maximum atomic E-state index is 12.3. The number of aliphatic imine (C=N–C) groups is 1. The molecule has 0 unspecified atom stereocenters. The highest BCUT2D eigenvalue weighted by Crippen LogP contribution is 2.28. The first-order valence-corrected chi connectivity index (χ1v) is 10.2. The molecule has 2 aliphatic rings. The summed E-state index contributed by atoms with van der Waals surface area (Å²) < 4.78 is 0. The van der Waals surface area contributed by atoms with Gasteiger partial charge in [0.2, 0.25) is 5.91 Å². The molecule has 0 spiro atoms. The summed E-state index contributed by atoms with van der Waals surface area (Å²) in [6, 6.07) is 0. The Morgan fingerprint density at radius 3 is 2.31 bits per heavy atom. The second-order valence-electron chi connectivity index (χ2n) is 7.28. The van der Waals surface area contributed by atoms with Crippen LogP contribution in [0.2, 0.25) is 0 Å². The number of amides is 1. The number of carbonyl (C=O) groups excluding carboxylic acids is 1. The SMILES string of the molecule is CCCCCCNC(=NC)NCCN1CCN(C(=O)C2CCC2)CC1.I. The van der Waals surface area contributed by atoms with Gasteiger partial charge in [-0.2, -0.15) is 0 Å². The van der Waals surface area contributed by atoms with Crippen molar-refractivity contribution in [2.45, 2.75) is 51.9 Å². The van der Waals surface area contributed by atoms with Crippen LogP contribution in [0.15, 0.2) is 4.99 Å². The minimum atomic E-state index is 0. The van der Waals surface area contributed by atoms with E-state index >= 15 is 0 Å². The topological polar surface area (TPSA) is 60.0 Å². The van der Waals surface area contributed by atoms with E-state index < -0.39 is 0 Å². The van der Waals surface area contributed by atoms with Gasteiger partial charge in [0, 0.05) is 58.8 Å². The molecule has 1 aliphatic heterocycles. The van der Waals surface area contributed by atoms with Gasteiger partial charge in [-0.15, -0.1) is 24.0 Å². The fourth-order valence-electron chi connectivity index (χ4n) is 3.42. The molecule has 1 amide bonds. The third-order valence-electron chi connectivity index (χ3n) is 5.41. The van der Waals surface area contributed by atoms with E-state index in [1.165, 1.54) is 32.1 Å². The first kappa shape index (κ1) is 23.5. The molecule has 0 aromatic carbocycles. The van der Waals surface area contributed by atoms with Crippen molar-refractivity contribution in [3.8, 4) is 0 Å². The molecule has 0 bridgehead atoms. The molecule has 0 aromatic rings. The fraction of sp³-hybridized carbons (Fsp3) is 0.895. The predicted molar refractivity (Wildman–Crippen MR) is 119 cm³/mol. The van der Waals surface area contributed by atoms with Gasteiger partial charge in [0.05, 0.1) is 0 Å². The maximum absolute atomic E-state index is 12.3. The Labute approximate surface area is 176 Å². The lowest BCUT2D eigenvalue weighted by atomic mass is 9.84. The van der Waals surface area contributed by atoms with E-state index in [0.29, 0.717) is 11.8 Å². The number of carbonyl (C=O) groups is 1. The van der Waals surface area contributed by atoms with Crippen molar-refractivity contribution in [2.75, 3.05) is 52.9 Å². The molecule has 1 saturated heterocycles. The number of hydrogen-bond donors (Lipinski definition) is 2. The van der Waals surface area contributed by atoms with Gasteiger partial charge in [-0.3, -0.25) is 14.7 Å². The van der Waals surface area contributed by atoms with Crippen LogP contribution in [-0.4, -0.2) is 74.5 Å². The second kappa shape index (κ2) is 13.6. The molecular formula is C19H38IN5O. The van der Waals surface area contributed by atoms with E-state index in [1.807, 2.05) is 7.05 Å². The molecule has 2 rings (SSSR count). The molecule has 1 heterocycles. The summed E-state index contributed by atoms with van der Waals surface area (Å²) in [6.45, 7) is 8.87. The highest BCUT2D eigenvalue weighted by atomic mass is 127. The van der Waals surface area contributed by atoms with Crippen LogP contribution in [0, 0.1) is 5.92 Å². The van der Waals surface area contributed by atoms with Crippen molar-refractivity contribution in [1.82, 2.24) is 20.4 Å². The minimum absolute atomic E-state index is 0. The summed E-state index contributed by atoms with van der Waals surface area (Å²) in [5, 5.41) is 6.78. The Morgan fingerprint density at radius 1 is 1.04 bits per heavy atom. The maximum Gasteiger partial charge on any atom is 0.225 e. The van der Waals surface area contributed by atoms with Crippen LogP contribution < -0.4 is 10.6 Å². The third kappa shape index (κ3) is 7.98. The van der Waals surface area contributed by atoms with E-state index in [9.17, 15) is 4.79 Å². The highest BCUT2D eigenvalue weighted by Gasteiger charge is 2.30. The number of piperazine rings is 1. The Kier molecular flexibility index (Phi) is 12.3. The zero-order valence-electron chi connectivity index (χ0n) is 16.6. The van der Waals surface area contributed by atoms with Crippen molar-refractivity contribution < 1.29 is 4.79 Å². The first-order chi connectivity index (χ1) is 12.2. The van der Waals surface area contributed by atoms with E-state index in [2.05, 4.69) is 32.3 Å². The normalized spacial score (nSPS) is 18.8. The van der Waals surface area contributed by atoms with Crippen molar-refractivity contribution >= 4 is 35.8 Å². The monoisotopic (exact) mass is 479 g/mol. The van der Waals surface area contributed by atoms with E-state index in [-0.39, 0.29) is 24.0 Å². The quantitative estimate of drug-likeness (QED) is 0.231. The van der Waals surface area contributed by atoms with Gasteiger partial charge in [-0.25, -0.2) is 0 Å². The van der Waals surface area contributed by atoms with Crippen LogP contribution in [0.1, 0.15) is 51.9 Å². The Bertz CT molecular complexity index is 420. The minimum Gasteiger partial charge on any atom is -0.356 e. The number of nitrogens with one attached hydrogen (secondary N) is 2. The molecule has 0 aromatic heterocycles. The predicted octanol–water partition coefficient (Wildman–Crippen LogP) is 2.29. The fourth-order valence-corrected chi connectivity index (χ4v) is 3.42. The van der Waals surface area contributed by atoms with Crippen molar-refractivity contribution in [2.24, 2.45) is 10.9 Å². The first-order valence-electron chi connectivity index (χ1n) is 10.2. The highest BCUT2D eigenvalue weighted by molar-refractivity contribution is 14.0. The molecule has 2 fully saturated rings.